The molecule has 2 aromatic rings. The minimum atomic E-state index is -1.33. The van der Waals surface area contributed by atoms with Gasteiger partial charge in [0.2, 0.25) is 0 Å². The van der Waals surface area contributed by atoms with Gasteiger partial charge < -0.3 is 30.3 Å². The lowest BCUT2D eigenvalue weighted by atomic mass is 10.0. The SMILES string of the molecule is CC(=O)OCC1=C(C(=O)O)N2C(=O)[C@@H](NC(=O)/C(=N/OCc3cncn3C)c3csc(N)n3)[C@H]2SC1. The molecule has 2 aromatic heterocycles. The highest BCUT2D eigenvalue weighted by atomic mass is 32.2. The summed E-state index contributed by atoms with van der Waals surface area (Å²) in [6.45, 7) is 0.989. The van der Waals surface area contributed by atoms with E-state index in [-0.39, 0.29) is 41.2 Å². The monoisotopic (exact) mass is 535 g/mol. The van der Waals surface area contributed by atoms with Crippen molar-refractivity contribution in [1.82, 2.24) is 24.8 Å². The Bertz CT molecular complexity index is 1280. The summed E-state index contributed by atoms with van der Waals surface area (Å²) < 4.78 is 6.64. The molecule has 36 heavy (non-hydrogen) atoms. The molecule has 14 nitrogen and oxygen atoms in total. The molecular weight excluding hydrogens is 514 g/mol. The maximum atomic E-state index is 13.1. The fourth-order valence-electron chi connectivity index (χ4n) is 3.48. The number of aromatic nitrogens is 3. The number of imidazole rings is 1. The fourth-order valence-corrected chi connectivity index (χ4v) is 5.36. The Kier molecular flexibility index (Phi) is 7.25. The highest BCUT2D eigenvalue weighted by Crippen LogP contribution is 2.40. The van der Waals surface area contributed by atoms with Crippen molar-refractivity contribution >= 4 is 57.7 Å². The first kappa shape index (κ1) is 25.2. The first-order valence-electron chi connectivity index (χ1n) is 10.4. The van der Waals surface area contributed by atoms with Crippen molar-refractivity contribution in [1.29, 1.82) is 0 Å². The van der Waals surface area contributed by atoms with E-state index in [9.17, 15) is 24.3 Å². The molecule has 0 aromatic carbocycles. The predicted octanol–water partition coefficient (Wildman–Crippen LogP) is -0.319. The van der Waals surface area contributed by atoms with Gasteiger partial charge in [-0.1, -0.05) is 5.16 Å². The van der Waals surface area contributed by atoms with Crippen LogP contribution in [0.25, 0.3) is 0 Å². The van der Waals surface area contributed by atoms with Crippen LogP contribution in [0.1, 0.15) is 18.3 Å². The van der Waals surface area contributed by atoms with E-state index >= 15 is 0 Å². The van der Waals surface area contributed by atoms with Crippen LogP contribution in [0.3, 0.4) is 0 Å². The van der Waals surface area contributed by atoms with Gasteiger partial charge in [-0.05, 0) is 0 Å². The smallest absolute Gasteiger partial charge is 0.352 e. The van der Waals surface area contributed by atoms with Crippen molar-refractivity contribution in [2.45, 2.75) is 24.9 Å². The fraction of sp³-hybridized carbons (Fsp3) is 0.350. The topological polar surface area (TPSA) is 191 Å². The second-order valence-electron chi connectivity index (χ2n) is 7.68. The molecule has 1 fully saturated rings. The minimum Gasteiger partial charge on any atom is -0.477 e. The van der Waals surface area contributed by atoms with Gasteiger partial charge in [-0.15, -0.1) is 23.1 Å². The molecule has 2 amide bonds. The molecule has 0 unspecified atom stereocenters. The molecule has 16 heteroatoms. The Morgan fingerprint density at radius 2 is 2.14 bits per heavy atom. The van der Waals surface area contributed by atoms with Gasteiger partial charge in [-0.25, -0.2) is 14.8 Å². The summed E-state index contributed by atoms with van der Waals surface area (Å²) >= 11 is 2.34. The molecular formula is C20H21N7O7S2. The number of anilines is 1. The number of hydrogen-bond donors (Lipinski definition) is 3. The number of ether oxygens (including phenoxy) is 1. The molecule has 190 valence electrons. The number of oxime groups is 1. The van der Waals surface area contributed by atoms with Crippen molar-refractivity contribution in [2.24, 2.45) is 12.2 Å². The van der Waals surface area contributed by atoms with Crippen LogP contribution in [0.15, 0.2) is 34.3 Å². The lowest BCUT2D eigenvalue weighted by molar-refractivity contribution is -0.150. The first-order chi connectivity index (χ1) is 17.2. The number of nitrogens with one attached hydrogen (secondary N) is 1. The average molecular weight is 536 g/mol. The number of thiazole rings is 1. The van der Waals surface area contributed by atoms with Crippen LogP contribution in [-0.4, -0.2) is 77.8 Å². The molecule has 0 bridgehead atoms. The number of carbonyl (C=O) groups is 4. The second-order valence-corrected chi connectivity index (χ2v) is 9.67. The number of amides is 2. The Hall–Kier alpha value is -3.92. The lowest BCUT2D eigenvalue weighted by Crippen LogP contribution is -2.71. The number of carboxylic acids is 1. The van der Waals surface area contributed by atoms with Crippen molar-refractivity contribution in [2.75, 3.05) is 18.1 Å². The number of thioether (sulfide) groups is 1. The van der Waals surface area contributed by atoms with E-state index in [4.69, 9.17) is 15.3 Å². The van der Waals surface area contributed by atoms with Crippen LogP contribution in [0, 0.1) is 0 Å². The molecule has 0 saturated carbocycles. The number of nitrogens with two attached hydrogens (primary N) is 1. The summed E-state index contributed by atoms with van der Waals surface area (Å²) in [4.78, 5) is 63.5. The lowest BCUT2D eigenvalue weighted by Gasteiger charge is -2.49. The number of fused-ring (bicyclic) bond motifs is 1. The molecule has 0 spiro atoms. The Morgan fingerprint density at radius 3 is 2.75 bits per heavy atom. The van der Waals surface area contributed by atoms with Gasteiger partial charge in [-0.2, -0.15) is 0 Å². The number of nitrogens with zero attached hydrogens (tertiary/aromatic N) is 5. The molecule has 1 saturated heterocycles. The van der Waals surface area contributed by atoms with Gasteiger partial charge in [0.05, 0.1) is 18.2 Å². The van der Waals surface area contributed by atoms with Crippen LogP contribution in [0.5, 0.6) is 0 Å². The van der Waals surface area contributed by atoms with E-state index in [0.717, 1.165) is 16.2 Å². The number of rotatable bonds is 9. The zero-order chi connectivity index (χ0) is 26.0. The van der Waals surface area contributed by atoms with E-state index in [0.29, 0.717) is 11.3 Å². The summed E-state index contributed by atoms with van der Waals surface area (Å²) in [6, 6.07) is -1.01. The first-order valence-corrected chi connectivity index (χ1v) is 12.3. The summed E-state index contributed by atoms with van der Waals surface area (Å²) in [7, 11) is 1.78. The van der Waals surface area contributed by atoms with Crippen molar-refractivity contribution in [3.63, 3.8) is 0 Å². The van der Waals surface area contributed by atoms with Crippen LogP contribution in [-0.2, 0) is 42.4 Å². The molecule has 2 atom stereocenters. The number of nitrogen functional groups attached to an aromatic ring is 1. The van der Waals surface area contributed by atoms with Crippen LogP contribution < -0.4 is 11.1 Å². The van der Waals surface area contributed by atoms with Crippen molar-refractivity contribution in [3.05, 3.63) is 40.6 Å². The summed E-state index contributed by atoms with van der Waals surface area (Å²) in [6.07, 6.45) is 3.17. The van der Waals surface area contributed by atoms with E-state index in [1.165, 1.54) is 24.1 Å². The molecule has 4 N–H and O–H groups in total. The van der Waals surface area contributed by atoms with Gasteiger partial charge in [0.15, 0.2) is 17.5 Å². The minimum absolute atomic E-state index is 0.0272. The van der Waals surface area contributed by atoms with E-state index < -0.39 is 35.2 Å². The Labute approximate surface area is 212 Å². The summed E-state index contributed by atoms with van der Waals surface area (Å²) in [5, 5.41) is 17.3. The number of aliphatic carboxylic acids is 1. The largest absolute Gasteiger partial charge is 0.477 e. The summed E-state index contributed by atoms with van der Waals surface area (Å²) in [5.74, 6) is -3.06. The number of β-lactam (4-membered cyclic amide) rings is 1. The second kappa shape index (κ2) is 10.4. The number of esters is 1. The number of aryl methyl sites for hydroxylation is 1. The zero-order valence-electron chi connectivity index (χ0n) is 19.0. The average Bonchev–Trinajstić information content (AvgIpc) is 3.45. The van der Waals surface area contributed by atoms with Gasteiger partial charge in [0.25, 0.3) is 11.8 Å². The maximum Gasteiger partial charge on any atom is 0.352 e. The van der Waals surface area contributed by atoms with Crippen LogP contribution in [0.2, 0.25) is 0 Å². The molecule has 0 aliphatic carbocycles. The molecule has 2 aliphatic heterocycles. The maximum absolute atomic E-state index is 13.1. The molecule has 2 aliphatic rings. The van der Waals surface area contributed by atoms with Crippen molar-refractivity contribution < 1.29 is 33.9 Å². The molecule has 4 heterocycles. The van der Waals surface area contributed by atoms with E-state index in [2.05, 4.69) is 20.4 Å². The predicted molar refractivity (Wildman–Crippen MR) is 127 cm³/mol. The van der Waals surface area contributed by atoms with Crippen molar-refractivity contribution in [3.8, 4) is 0 Å². The molecule has 0 radical (unpaired) electrons. The third-order valence-corrected chi connectivity index (χ3v) is 7.26. The van der Waals surface area contributed by atoms with Crippen LogP contribution in [0.4, 0.5) is 5.13 Å². The highest BCUT2D eigenvalue weighted by molar-refractivity contribution is 8.00. The normalized spacial score (nSPS) is 19.4. The number of carboxylic acid groups (broad SMARTS) is 1. The van der Waals surface area contributed by atoms with E-state index in [1.807, 2.05) is 0 Å². The zero-order valence-corrected chi connectivity index (χ0v) is 20.7. The standard InChI is InChI=1S/C20H21N7O7S2/c1-9(28)33-4-10-6-35-18-14(17(30)27(18)15(10)19(31)32)24-16(29)13(12-7-36-20(21)23-12)25-34-5-11-3-22-8-26(11)2/h3,7-8,14,18H,4-6H2,1-2H3,(H2,21,23)(H,24,29)(H,31,32)/b25-13+/t14-,18-/m1/s1. The van der Waals surface area contributed by atoms with Gasteiger partial charge in [0, 0.05) is 30.7 Å². The highest BCUT2D eigenvalue weighted by Gasteiger charge is 2.54. The van der Waals surface area contributed by atoms with Gasteiger partial charge in [-0.3, -0.25) is 19.3 Å². The number of hydrogen-bond acceptors (Lipinski definition) is 12. The third kappa shape index (κ3) is 5.03. The quantitative estimate of drug-likeness (QED) is 0.165. The van der Waals surface area contributed by atoms with Gasteiger partial charge in [0.1, 0.15) is 29.4 Å². The van der Waals surface area contributed by atoms with Crippen LogP contribution >= 0.6 is 23.1 Å². The summed E-state index contributed by atoms with van der Waals surface area (Å²) in [5.41, 5.74) is 6.42. The van der Waals surface area contributed by atoms with E-state index in [1.54, 1.807) is 24.1 Å². The molecule has 4 rings (SSSR count). The third-order valence-electron chi connectivity index (χ3n) is 5.25. The van der Waals surface area contributed by atoms with Gasteiger partial charge >= 0.3 is 11.9 Å². The Morgan fingerprint density at radius 1 is 1.36 bits per heavy atom. The Balaban J connectivity index is 1.50. The number of carbonyl (C=O) groups excluding carboxylic acids is 3.